The van der Waals surface area contributed by atoms with Gasteiger partial charge in [-0.15, -0.1) is 0 Å². The number of piperazine rings is 1. The molecular formula is C13H20N2O5. The molecule has 1 atom stereocenters. The van der Waals surface area contributed by atoms with E-state index in [0.29, 0.717) is 25.7 Å². The quantitative estimate of drug-likeness (QED) is 0.594. The molecule has 1 saturated heterocycles. The number of aliphatic carboxylic acids is 1. The molecule has 2 aliphatic rings. The van der Waals surface area contributed by atoms with Crippen molar-refractivity contribution >= 4 is 17.8 Å². The highest BCUT2D eigenvalue weighted by molar-refractivity contribution is 6.00. The van der Waals surface area contributed by atoms with Crippen LogP contribution in [0.5, 0.6) is 0 Å². The third-order valence-corrected chi connectivity index (χ3v) is 4.30. The van der Waals surface area contributed by atoms with Crippen LogP contribution in [0.15, 0.2) is 0 Å². The molecule has 2 fully saturated rings. The van der Waals surface area contributed by atoms with Gasteiger partial charge in [-0.1, -0.05) is 0 Å². The highest BCUT2D eigenvalue weighted by Gasteiger charge is 2.40. The topological polar surface area (TPSA) is 107 Å². The molecule has 0 bridgehead atoms. The Morgan fingerprint density at radius 1 is 1.40 bits per heavy atom. The lowest BCUT2D eigenvalue weighted by Gasteiger charge is -2.41. The number of carboxylic acid groups (broad SMARTS) is 1. The Hall–Kier alpha value is -1.47. The molecule has 0 aromatic heterocycles. The van der Waals surface area contributed by atoms with Crippen molar-refractivity contribution in [1.82, 2.24) is 10.2 Å². The van der Waals surface area contributed by atoms with E-state index in [4.69, 9.17) is 5.11 Å². The van der Waals surface area contributed by atoms with E-state index in [1.54, 1.807) is 11.8 Å². The first-order valence-corrected chi connectivity index (χ1v) is 6.84. The normalized spacial score (nSPS) is 35.7. The molecule has 1 unspecified atom stereocenters. The number of hydrogen-bond acceptors (Lipinski definition) is 5. The van der Waals surface area contributed by atoms with Crippen LogP contribution in [0.1, 0.15) is 32.6 Å². The Balaban J connectivity index is 1.97. The number of amides is 2. The highest BCUT2D eigenvalue weighted by Crippen LogP contribution is 2.33. The van der Waals surface area contributed by atoms with Crippen molar-refractivity contribution in [2.45, 2.75) is 44.2 Å². The second-order valence-electron chi connectivity index (χ2n) is 5.83. The molecule has 1 saturated carbocycles. The molecular weight excluding hydrogens is 264 g/mol. The maximum atomic E-state index is 11.6. The molecule has 7 heteroatoms. The van der Waals surface area contributed by atoms with Gasteiger partial charge in [-0.3, -0.25) is 24.6 Å². The zero-order chi connectivity index (χ0) is 14.9. The molecule has 0 spiro atoms. The molecule has 0 aromatic carbocycles. The van der Waals surface area contributed by atoms with Crippen LogP contribution >= 0.6 is 0 Å². The van der Waals surface area contributed by atoms with Crippen molar-refractivity contribution in [3.63, 3.8) is 0 Å². The van der Waals surface area contributed by atoms with Crippen LogP contribution in [0.2, 0.25) is 0 Å². The van der Waals surface area contributed by atoms with Crippen molar-refractivity contribution in [3.8, 4) is 0 Å². The van der Waals surface area contributed by atoms with E-state index in [-0.39, 0.29) is 24.9 Å². The van der Waals surface area contributed by atoms with E-state index in [9.17, 15) is 19.5 Å². The molecule has 2 amide bonds. The number of nitrogens with one attached hydrogen (secondary N) is 1. The Morgan fingerprint density at radius 2 is 2.00 bits per heavy atom. The van der Waals surface area contributed by atoms with Gasteiger partial charge in [-0.05, 0) is 32.6 Å². The zero-order valence-corrected chi connectivity index (χ0v) is 11.5. The lowest BCUT2D eigenvalue weighted by atomic mass is 9.78. The lowest BCUT2D eigenvalue weighted by Crippen LogP contribution is -2.60. The van der Waals surface area contributed by atoms with E-state index < -0.39 is 23.5 Å². The Morgan fingerprint density at radius 3 is 2.55 bits per heavy atom. The average molecular weight is 284 g/mol. The number of rotatable bonds is 3. The second-order valence-corrected chi connectivity index (χ2v) is 5.83. The first kappa shape index (κ1) is 14.9. The van der Waals surface area contributed by atoms with Gasteiger partial charge >= 0.3 is 5.97 Å². The van der Waals surface area contributed by atoms with Gasteiger partial charge in [-0.2, -0.15) is 0 Å². The largest absolute Gasteiger partial charge is 0.481 e. The molecule has 112 valence electrons. The van der Waals surface area contributed by atoms with Crippen LogP contribution in [0.3, 0.4) is 0 Å². The maximum Gasteiger partial charge on any atom is 0.306 e. The summed E-state index contributed by atoms with van der Waals surface area (Å²) in [6.45, 7) is 1.99. The van der Waals surface area contributed by atoms with Crippen LogP contribution in [-0.4, -0.2) is 57.6 Å². The Bertz CT molecular complexity index is 428. The van der Waals surface area contributed by atoms with Crippen molar-refractivity contribution < 1.29 is 24.6 Å². The number of nitrogens with zero attached hydrogens (tertiary/aromatic N) is 1. The number of carbonyl (C=O) groups is 3. The van der Waals surface area contributed by atoms with Crippen LogP contribution in [0.4, 0.5) is 0 Å². The molecule has 0 aromatic rings. The summed E-state index contributed by atoms with van der Waals surface area (Å²) in [5.41, 5.74) is -1.02. The smallest absolute Gasteiger partial charge is 0.306 e. The number of β-amino-alcohol motifs (C(OH)–C–C–N with tert-alkyl or cyclic N) is 1. The predicted molar refractivity (Wildman–Crippen MR) is 68.7 cm³/mol. The summed E-state index contributed by atoms with van der Waals surface area (Å²) in [6.07, 6.45) is 1.61. The van der Waals surface area contributed by atoms with Gasteiger partial charge in [-0.25, -0.2) is 0 Å². The fourth-order valence-electron chi connectivity index (χ4n) is 2.90. The zero-order valence-electron chi connectivity index (χ0n) is 11.5. The van der Waals surface area contributed by atoms with Crippen LogP contribution in [0.25, 0.3) is 0 Å². The highest BCUT2D eigenvalue weighted by atomic mass is 16.4. The van der Waals surface area contributed by atoms with Gasteiger partial charge in [0.1, 0.15) is 0 Å². The summed E-state index contributed by atoms with van der Waals surface area (Å²) in [6, 6.07) is -0.464. The molecule has 1 heterocycles. The van der Waals surface area contributed by atoms with E-state index >= 15 is 0 Å². The van der Waals surface area contributed by atoms with E-state index in [2.05, 4.69) is 5.32 Å². The SMILES string of the molecule is CC1C(=O)NC(=O)CN1CC1(O)CCC(C(=O)O)CC1. The summed E-state index contributed by atoms with van der Waals surface area (Å²) in [5.74, 6) is -1.95. The molecule has 2 rings (SSSR count). The number of hydrogen-bond donors (Lipinski definition) is 3. The summed E-state index contributed by atoms with van der Waals surface area (Å²) >= 11 is 0. The van der Waals surface area contributed by atoms with Gasteiger partial charge in [0, 0.05) is 6.54 Å². The average Bonchev–Trinajstić information content (AvgIpc) is 2.35. The minimum atomic E-state index is -1.02. The van der Waals surface area contributed by atoms with Gasteiger partial charge in [0.05, 0.1) is 24.1 Å². The number of carbonyl (C=O) groups excluding carboxylic acids is 2. The van der Waals surface area contributed by atoms with E-state index in [0.717, 1.165) is 0 Å². The van der Waals surface area contributed by atoms with Crippen LogP contribution in [0, 0.1) is 5.92 Å². The van der Waals surface area contributed by atoms with Crippen LogP contribution < -0.4 is 5.32 Å². The first-order valence-electron chi connectivity index (χ1n) is 6.84. The Labute approximate surface area is 116 Å². The summed E-state index contributed by atoms with van der Waals surface area (Å²) in [5, 5.41) is 21.7. The molecule has 3 N–H and O–H groups in total. The second kappa shape index (κ2) is 5.49. The van der Waals surface area contributed by atoms with Crippen LogP contribution in [-0.2, 0) is 14.4 Å². The molecule has 1 aliphatic carbocycles. The maximum absolute atomic E-state index is 11.6. The lowest BCUT2D eigenvalue weighted by molar-refractivity contribution is -0.146. The third-order valence-electron chi connectivity index (χ3n) is 4.30. The molecule has 20 heavy (non-hydrogen) atoms. The first-order chi connectivity index (χ1) is 9.31. The van der Waals surface area contributed by atoms with Crippen molar-refractivity contribution in [2.24, 2.45) is 5.92 Å². The fourth-order valence-corrected chi connectivity index (χ4v) is 2.90. The Kier molecular flexibility index (Phi) is 4.10. The van der Waals surface area contributed by atoms with Gasteiger partial charge in [0.15, 0.2) is 0 Å². The standard InChI is InChI=1S/C13H20N2O5/c1-8-11(17)14-10(16)6-15(8)7-13(20)4-2-9(3-5-13)12(18)19/h8-9,20H,2-7H2,1H3,(H,18,19)(H,14,16,17). The summed E-state index contributed by atoms with van der Waals surface area (Å²) in [7, 11) is 0. The number of imide groups is 1. The molecule has 0 radical (unpaired) electrons. The molecule has 7 nitrogen and oxygen atoms in total. The van der Waals surface area contributed by atoms with Crippen molar-refractivity contribution in [2.75, 3.05) is 13.1 Å². The predicted octanol–water partition coefficient (Wildman–Crippen LogP) is -0.661. The van der Waals surface area contributed by atoms with Gasteiger partial charge in [0.25, 0.3) is 0 Å². The number of aliphatic hydroxyl groups is 1. The van der Waals surface area contributed by atoms with E-state index in [1.807, 2.05) is 0 Å². The van der Waals surface area contributed by atoms with Gasteiger partial charge in [0.2, 0.25) is 11.8 Å². The monoisotopic (exact) mass is 284 g/mol. The van der Waals surface area contributed by atoms with E-state index in [1.165, 1.54) is 0 Å². The van der Waals surface area contributed by atoms with Crippen molar-refractivity contribution in [1.29, 1.82) is 0 Å². The van der Waals surface area contributed by atoms with Gasteiger partial charge < -0.3 is 10.2 Å². The minimum absolute atomic E-state index is 0.0809. The summed E-state index contributed by atoms with van der Waals surface area (Å²) in [4.78, 5) is 35.5. The minimum Gasteiger partial charge on any atom is -0.481 e. The van der Waals surface area contributed by atoms with Crippen molar-refractivity contribution in [3.05, 3.63) is 0 Å². The molecule has 1 aliphatic heterocycles. The number of carboxylic acids is 1. The summed E-state index contributed by atoms with van der Waals surface area (Å²) < 4.78 is 0. The fraction of sp³-hybridized carbons (Fsp3) is 0.769. The third kappa shape index (κ3) is 3.16.